The molecule has 0 saturated carbocycles. The van der Waals surface area contributed by atoms with Crippen molar-refractivity contribution in [2.75, 3.05) is 25.6 Å². The number of nitrogens with one attached hydrogen (secondary N) is 1. The molecule has 2 aromatic carbocycles. The third-order valence-electron chi connectivity index (χ3n) is 6.00. The van der Waals surface area contributed by atoms with E-state index in [1.807, 2.05) is 55.5 Å². The molecule has 3 aromatic rings. The molecule has 3 rings (SSSR count). The van der Waals surface area contributed by atoms with Gasteiger partial charge in [0.25, 0.3) is 5.56 Å². The van der Waals surface area contributed by atoms with Gasteiger partial charge < -0.3 is 29.9 Å². The van der Waals surface area contributed by atoms with Gasteiger partial charge in [-0.3, -0.25) is 9.59 Å². The quantitative estimate of drug-likeness (QED) is 0.377. The predicted octanol–water partition coefficient (Wildman–Crippen LogP) is 3.04. The number of benzene rings is 2. The fourth-order valence-electron chi connectivity index (χ4n) is 3.79. The van der Waals surface area contributed by atoms with Crippen molar-refractivity contribution in [1.82, 2.24) is 4.57 Å². The highest BCUT2D eigenvalue weighted by molar-refractivity contribution is 5.95. The standard InChI is InChI=1S/C28H33N3O5/c1-4-36-18-23(17-32)22-9-5-20(6-10-22)15-25(29)27(33)30-26-19(2)13-14-31(28(26)34)16-21-7-11-24(35-3)12-8-21/h5-14,17,23,25H,4,15-16,18,29H2,1-3H3,(H,30,33)/t23?,25-/m0/s1. The van der Waals surface area contributed by atoms with Gasteiger partial charge in [-0.2, -0.15) is 0 Å². The molecule has 3 N–H and O–H groups in total. The first-order valence-electron chi connectivity index (χ1n) is 11.9. The number of carbonyl (C=O) groups is 2. The van der Waals surface area contributed by atoms with Gasteiger partial charge in [0.05, 0.1) is 32.2 Å². The summed E-state index contributed by atoms with van der Waals surface area (Å²) in [5.41, 5.74) is 9.36. The van der Waals surface area contributed by atoms with E-state index in [9.17, 15) is 14.4 Å². The largest absolute Gasteiger partial charge is 0.497 e. The summed E-state index contributed by atoms with van der Waals surface area (Å²) in [6, 6.07) is 15.8. The molecule has 8 heteroatoms. The Hall–Kier alpha value is -3.75. The van der Waals surface area contributed by atoms with Crippen molar-refractivity contribution >= 4 is 17.9 Å². The highest BCUT2D eigenvalue weighted by atomic mass is 16.5. The number of amides is 1. The Kier molecular flexibility index (Phi) is 9.55. The molecular formula is C28H33N3O5. The van der Waals surface area contributed by atoms with Gasteiger partial charge in [-0.1, -0.05) is 36.4 Å². The van der Waals surface area contributed by atoms with Crippen LogP contribution in [0.25, 0.3) is 0 Å². The zero-order valence-corrected chi connectivity index (χ0v) is 20.9. The molecule has 0 spiro atoms. The first kappa shape index (κ1) is 26.8. The average Bonchev–Trinajstić information content (AvgIpc) is 2.89. The van der Waals surface area contributed by atoms with Gasteiger partial charge in [-0.25, -0.2) is 0 Å². The van der Waals surface area contributed by atoms with Crippen molar-refractivity contribution in [3.8, 4) is 5.75 Å². The fourth-order valence-corrected chi connectivity index (χ4v) is 3.79. The summed E-state index contributed by atoms with van der Waals surface area (Å²) in [7, 11) is 1.60. The Balaban J connectivity index is 1.67. The smallest absolute Gasteiger partial charge is 0.274 e. The maximum atomic E-state index is 13.1. The van der Waals surface area contributed by atoms with E-state index in [4.69, 9.17) is 15.2 Å². The second-order valence-corrected chi connectivity index (χ2v) is 8.60. The zero-order valence-electron chi connectivity index (χ0n) is 20.9. The summed E-state index contributed by atoms with van der Waals surface area (Å²) >= 11 is 0. The fraction of sp³-hybridized carbons (Fsp3) is 0.321. The SMILES string of the molecule is CCOCC(C=O)c1ccc(C[C@H](N)C(=O)Nc2c(C)ccn(Cc3ccc(OC)cc3)c2=O)cc1. The lowest BCUT2D eigenvalue weighted by Crippen LogP contribution is -2.39. The zero-order chi connectivity index (χ0) is 26.1. The summed E-state index contributed by atoms with van der Waals surface area (Å²) in [6.45, 7) is 4.87. The van der Waals surface area contributed by atoms with E-state index in [2.05, 4.69) is 5.32 Å². The second kappa shape index (κ2) is 12.8. The van der Waals surface area contributed by atoms with Gasteiger partial charge in [0, 0.05) is 12.8 Å². The Morgan fingerprint density at radius 2 is 1.75 bits per heavy atom. The minimum absolute atomic E-state index is 0.214. The van der Waals surface area contributed by atoms with Gasteiger partial charge in [0.15, 0.2) is 0 Å². The van der Waals surface area contributed by atoms with E-state index in [1.165, 1.54) is 0 Å². The molecule has 0 bridgehead atoms. The lowest BCUT2D eigenvalue weighted by atomic mass is 9.98. The number of aldehydes is 1. The van der Waals surface area contributed by atoms with E-state index >= 15 is 0 Å². The molecule has 2 atom stereocenters. The number of hydrogen-bond donors (Lipinski definition) is 2. The molecular weight excluding hydrogens is 458 g/mol. The maximum Gasteiger partial charge on any atom is 0.274 e. The predicted molar refractivity (Wildman–Crippen MR) is 140 cm³/mol. The molecule has 0 aliphatic heterocycles. The second-order valence-electron chi connectivity index (χ2n) is 8.60. The summed E-state index contributed by atoms with van der Waals surface area (Å²) in [5, 5.41) is 2.72. The van der Waals surface area contributed by atoms with E-state index in [1.54, 1.807) is 30.9 Å². The number of aryl methyl sites for hydroxylation is 1. The Bertz CT molecular complexity index is 1220. The molecule has 0 aliphatic rings. The maximum absolute atomic E-state index is 13.1. The van der Waals surface area contributed by atoms with Gasteiger partial charge in [-0.15, -0.1) is 0 Å². The first-order chi connectivity index (χ1) is 17.4. The average molecular weight is 492 g/mol. The Morgan fingerprint density at radius 1 is 1.08 bits per heavy atom. The molecule has 0 aliphatic carbocycles. The number of hydrogen-bond acceptors (Lipinski definition) is 6. The van der Waals surface area contributed by atoms with Crippen LogP contribution in [0.15, 0.2) is 65.6 Å². The van der Waals surface area contributed by atoms with Crippen molar-refractivity contribution in [1.29, 1.82) is 0 Å². The van der Waals surface area contributed by atoms with Crippen molar-refractivity contribution in [2.24, 2.45) is 5.73 Å². The summed E-state index contributed by atoms with van der Waals surface area (Å²) < 4.78 is 12.1. The molecule has 36 heavy (non-hydrogen) atoms. The molecule has 1 heterocycles. The van der Waals surface area contributed by atoms with Crippen LogP contribution >= 0.6 is 0 Å². The van der Waals surface area contributed by atoms with E-state index in [0.29, 0.717) is 25.3 Å². The Morgan fingerprint density at radius 3 is 2.36 bits per heavy atom. The number of nitrogens with zero attached hydrogens (tertiary/aromatic N) is 1. The van der Waals surface area contributed by atoms with Crippen LogP contribution in [0.3, 0.4) is 0 Å². The topological polar surface area (TPSA) is 113 Å². The molecule has 0 saturated heterocycles. The number of nitrogens with two attached hydrogens (primary N) is 1. The number of pyridine rings is 1. The van der Waals surface area contributed by atoms with Crippen LogP contribution in [-0.2, 0) is 27.3 Å². The van der Waals surface area contributed by atoms with E-state index in [-0.39, 0.29) is 23.6 Å². The number of ether oxygens (including phenoxy) is 2. The molecule has 1 unspecified atom stereocenters. The van der Waals surface area contributed by atoms with Gasteiger partial charge >= 0.3 is 0 Å². The third kappa shape index (κ3) is 6.90. The number of anilines is 1. The van der Waals surface area contributed by atoms with E-state index < -0.39 is 11.9 Å². The van der Waals surface area contributed by atoms with Crippen LogP contribution < -0.4 is 21.3 Å². The normalized spacial score (nSPS) is 12.6. The van der Waals surface area contributed by atoms with Crippen LogP contribution in [0.4, 0.5) is 5.69 Å². The van der Waals surface area contributed by atoms with Crippen LogP contribution in [0.5, 0.6) is 5.75 Å². The molecule has 0 radical (unpaired) electrons. The summed E-state index contributed by atoms with van der Waals surface area (Å²) in [6.07, 6.45) is 2.86. The van der Waals surface area contributed by atoms with Crippen LogP contribution in [0, 0.1) is 6.92 Å². The highest BCUT2D eigenvalue weighted by Gasteiger charge is 2.18. The third-order valence-corrected chi connectivity index (χ3v) is 6.00. The van der Waals surface area contributed by atoms with Gasteiger partial charge in [-0.05, 0) is 60.7 Å². The molecule has 0 fully saturated rings. The minimum Gasteiger partial charge on any atom is -0.497 e. The van der Waals surface area contributed by atoms with Crippen LogP contribution in [0.1, 0.15) is 35.1 Å². The number of rotatable bonds is 12. The molecule has 8 nitrogen and oxygen atoms in total. The first-order valence-corrected chi connectivity index (χ1v) is 11.9. The number of methoxy groups -OCH3 is 1. The Labute approximate surface area is 211 Å². The highest BCUT2D eigenvalue weighted by Crippen LogP contribution is 2.17. The lowest BCUT2D eigenvalue weighted by molar-refractivity contribution is -0.117. The van der Waals surface area contributed by atoms with Crippen molar-refractivity contribution in [3.05, 3.63) is 93.4 Å². The van der Waals surface area contributed by atoms with Gasteiger partial charge in [0.1, 0.15) is 17.7 Å². The van der Waals surface area contributed by atoms with Crippen LogP contribution in [0.2, 0.25) is 0 Å². The lowest BCUT2D eigenvalue weighted by Gasteiger charge is -2.16. The van der Waals surface area contributed by atoms with Crippen LogP contribution in [-0.4, -0.2) is 43.1 Å². The van der Waals surface area contributed by atoms with Gasteiger partial charge in [0.2, 0.25) is 5.91 Å². The number of carbonyl (C=O) groups excluding carboxylic acids is 2. The molecule has 1 aromatic heterocycles. The van der Waals surface area contributed by atoms with Crippen molar-refractivity contribution < 1.29 is 19.1 Å². The minimum atomic E-state index is -0.852. The van der Waals surface area contributed by atoms with E-state index in [0.717, 1.165) is 28.7 Å². The summed E-state index contributed by atoms with van der Waals surface area (Å²) in [4.78, 5) is 37.3. The monoisotopic (exact) mass is 491 g/mol. The molecule has 190 valence electrons. The molecule has 1 amide bonds. The van der Waals surface area contributed by atoms with Crippen molar-refractivity contribution in [3.63, 3.8) is 0 Å². The van der Waals surface area contributed by atoms with Crippen molar-refractivity contribution in [2.45, 2.75) is 38.8 Å². The number of aromatic nitrogens is 1. The summed E-state index contributed by atoms with van der Waals surface area (Å²) in [5.74, 6) is -0.0404.